The summed E-state index contributed by atoms with van der Waals surface area (Å²) in [6.07, 6.45) is 0. The summed E-state index contributed by atoms with van der Waals surface area (Å²) in [5.41, 5.74) is 0. The van der Waals surface area contributed by atoms with Crippen LogP contribution in [0.1, 0.15) is 5.82 Å². The first-order valence-corrected chi connectivity index (χ1v) is 6.30. The molecule has 1 amide bonds. The molecule has 1 aromatic heterocycles. The van der Waals surface area contributed by atoms with Gasteiger partial charge in [0.15, 0.2) is 11.6 Å². The van der Waals surface area contributed by atoms with Gasteiger partial charge in [0, 0.05) is 4.90 Å². The molecule has 0 aliphatic carbocycles. The molecule has 2 N–H and O–H groups in total. The number of aryl methyl sites for hydroxylation is 1. The summed E-state index contributed by atoms with van der Waals surface area (Å²) in [6, 6.07) is 3.48. The van der Waals surface area contributed by atoms with E-state index in [0.717, 1.165) is 23.9 Å². The minimum atomic E-state index is -0.935. The first-order valence-electron chi connectivity index (χ1n) is 5.31. The van der Waals surface area contributed by atoms with Crippen LogP contribution in [-0.2, 0) is 4.79 Å². The lowest BCUT2D eigenvalue weighted by atomic mass is 10.3. The van der Waals surface area contributed by atoms with Crippen LogP contribution in [0, 0.1) is 18.6 Å². The van der Waals surface area contributed by atoms with Gasteiger partial charge in [0.05, 0.1) is 5.75 Å². The molecule has 0 radical (unpaired) electrons. The quantitative estimate of drug-likeness (QED) is 0.844. The minimum Gasteiger partial charge on any atom is -0.292 e. The van der Waals surface area contributed by atoms with E-state index in [1.807, 2.05) is 0 Å². The van der Waals surface area contributed by atoms with E-state index in [1.165, 1.54) is 6.07 Å². The lowest BCUT2D eigenvalue weighted by Crippen LogP contribution is -2.15. The second kappa shape index (κ2) is 5.79. The van der Waals surface area contributed by atoms with Gasteiger partial charge in [-0.2, -0.15) is 4.98 Å². The van der Waals surface area contributed by atoms with E-state index in [2.05, 4.69) is 20.5 Å². The number of halogens is 2. The van der Waals surface area contributed by atoms with Crippen LogP contribution in [0.4, 0.5) is 14.7 Å². The zero-order valence-corrected chi connectivity index (χ0v) is 10.7. The molecule has 0 aliphatic rings. The van der Waals surface area contributed by atoms with Crippen molar-refractivity contribution in [2.75, 3.05) is 11.1 Å². The molecule has 0 aliphatic heterocycles. The molecule has 0 spiro atoms. The number of anilines is 1. The molecular weight excluding hydrogens is 274 g/mol. The van der Waals surface area contributed by atoms with E-state index >= 15 is 0 Å². The molecule has 2 aromatic rings. The minimum absolute atomic E-state index is 0.0542. The van der Waals surface area contributed by atoms with E-state index < -0.39 is 11.6 Å². The number of nitrogens with one attached hydrogen (secondary N) is 2. The number of hydrogen-bond donors (Lipinski definition) is 2. The van der Waals surface area contributed by atoms with Crippen LogP contribution in [-0.4, -0.2) is 26.8 Å². The maximum Gasteiger partial charge on any atom is 0.248 e. The monoisotopic (exact) mass is 284 g/mol. The molecular formula is C11H10F2N4OS. The molecule has 0 bridgehead atoms. The fourth-order valence-electron chi connectivity index (χ4n) is 1.27. The first-order chi connectivity index (χ1) is 9.04. The van der Waals surface area contributed by atoms with Crippen LogP contribution in [0.15, 0.2) is 23.1 Å². The van der Waals surface area contributed by atoms with Crippen LogP contribution < -0.4 is 5.32 Å². The fraction of sp³-hybridized carbons (Fsp3) is 0.182. The third kappa shape index (κ3) is 3.75. The number of aromatic amines is 1. The summed E-state index contributed by atoms with van der Waals surface area (Å²) in [4.78, 5) is 15.9. The maximum absolute atomic E-state index is 12.9. The van der Waals surface area contributed by atoms with E-state index in [1.54, 1.807) is 6.92 Å². The van der Waals surface area contributed by atoms with Gasteiger partial charge in [0.25, 0.3) is 0 Å². The molecule has 0 unspecified atom stereocenters. The predicted octanol–water partition coefficient (Wildman–Crippen LogP) is 2.12. The molecule has 0 saturated heterocycles. The second-order valence-corrected chi connectivity index (χ2v) is 4.71. The van der Waals surface area contributed by atoms with Crippen LogP contribution in [0.25, 0.3) is 0 Å². The van der Waals surface area contributed by atoms with Crippen LogP contribution in [0.3, 0.4) is 0 Å². The lowest BCUT2D eigenvalue weighted by Gasteiger charge is -2.02. The van der Waals surface area contributed by atoms with E-state index in [4.69, 9.17) is 0 Å². The number of hydrogen-bond acceptors (Lipinski definition) is 4. The second-order valence-electron chi connectivity index (χ2n) is 3.66. The highest BCUT2D eigenvalue weighted by Crippen LogP contribution is 2.20. The lowest BCUT2D eigenvalue weighted by molar-refractivity contribution is -0.113. The first kappa shape index (κ1) is 13.5. The molecule has 0 fully saturated rings. The number of amides is 1. The van der Waals surface area contributed by atoms with Crippen molar-refractivity contribution in [2.45, 2.75) is 11.8 Å². The Kier molecular flexibility index (Phi) is 4.10. The largest absolute Gasteiger partial charge is 0.292 e. The van der Waals surface area contributed by atoms with Gasteiger partial charge in [-0.3, -0.25) is 15.2 Å². The Morgan fingerprint density at radius 3 is 2.84 bits per heavy atom. The Hall–Kier alpha value is -1.96. The third-order valence-electron chi connectivity index (χ3n) is 2.11. The maximum atomic E-state index is 12.9. The Bertz CT molecular complexity index is 602. The summed E-state index contributed by atoms with van der Waals surface area (Å²) in [5.74, 6) is -1.34. The van der Waals surface area contributed by atoms with Crippen LogP contribution in [0.5, 0.6) is 0 Å². The Balaban J connectivity index is 1.88. The smallest absolute Gasteiger partial charge is 0.248 e. The zero-order valence-electron chi connectivity index (χ0n) is 9.91. The van der Waals surface area contributed by atoms with E-state index in [-0.39, 0.29) is 17.6 Å². The topological polar surface area (TPSA) is 70.7 Å². The summed E-state index contributed by atoms with van der Waals surface area (Å²) in [6.45, 7) is 1.71. The Morgan fingerprint density at radius 1 is 1.42 bits per heavy atom. The Labute approximate surface area is 111 Å². The van der Waals surface area contributed by atoms with Gasteiger partial charge in [-0.1, -0.05) is 0 Å². The molecule has 8 heteroatoms. The van der Waals surface area contributed by atoms with Gasteiger partial charge in [-0.05, 0) is 25.1 Å². The fourth-order valence-corrected chi connectivity index (χ4v) is 2.00. The summed E-state index contributed by atoms with van der Waals surface area (Å²) < 4.78 is 25.6. The number of rotatable bonds is 4. The zero-order chi connectivity index (χ0) is 13.8. The normalized spacial score (nSPS) is 10.5. The molecule has 100 valence electrons. The molecule has 1 aromatic carbocycles. The van der Waals surface area contributed by atoms with Crippen molar-refractivity contribution in [2.24, 2.45) is 0 Å². The number of aromatic nitrogens is 3. The van der Waals surface area contributed by atoms with Gasteiger partial charge in [-0.25, -0.2) is 8.78 Å². The van der Waals surface area contributed by atoms with Gasteiger partial charge >= 0.3 is 0 Å². The highest BCUT2D eigenvalue weighted by atomic mass is 32.2. The number of carbonyl (C=O) groups is 1. The number of H-pyrrole nitrogens is 1. The number of benzene rings is 1. The van der Waals surface area contributed by atoms with Crippen molar-refractivity contribution < 1.29 is 13.6 Å². The van der Waals surface area contributed by atoms with E-state index in [0.29, 0.717) is 10.7 Å². The van der Waals surface area contributed by atoms with Crippen molar-refractivity contribution in [1.82, 2.24) is 15.2 Å². The third-order valence-corrected chi connectivity index (χ3v) is 3.10. The Morgan fingerprint density at radius 2 is 2.21 bits per heavy atom. The number of carbonyl (C=O) groups excluding carboxylic acids is 1. The average molecular weight is 284 g/mol. The summed E-state index contributed by atoms with van der Waals surface area (Å²) in [5, 5.41) is 8.82. The van der Waals surface area contributed by atoms with Crippen molar-refractivity contribution in [3.05, 3.63) is 35.7 Å². The van der Waals surface area contributed by atoms with E-state index in [9.17, 15) is 13.6 Å². The van der Waals surface area contributed by atoms with Crippen molar-refractivity contribution >= 4 is 23.6 Å². The van der Waals surface area contributed by atoms with Crippen molar-refractivity contribution in [3.63, 3.8) is 0 Å². The molecule has 2 rings (SSSR count). The molecule has 19 heavy (non-hydrogen) atoms. The predicted molar refractivity (Wildman–Crippen MR) is 66.8 cm³/mol. The number of nitrogens with zero attached hydrogens (tertiary/aromatic N) is 2. The summed E-state index contributed by atoms with van der Waals surface area (Å²) in [7, 11) is 0. The molecule has 0 saturated carbocycles. The van der Waals surface area contributed by atoms with Gasteiger partial charge < -0.3 is 0 Å². The highest BCUT2D eigenvalue weighted by molar-refractivity contribution is 8.00. The number of thioether (sulfide) groups is 1. The average Bonchev–Trinajstić information content (AvgIpc) is 2.76. The summed E-state index contributed by atoms with van der Waals surface area (Å²) >= 11 is 1.09. The van der Waals surface area contributed by atoms with Crippen molar-refractivity contribution in [1.29, 1.82) is 0 Å². The van der Waals surface area contributed by atoms with Crippen molar-refractivity contribution in [3.8, 4) is 0 Å². The van der Waals surface area contributed by atoms with Crippen LogP contribution in [0.2, 0.25) is 0 Å². The SMILES string of the molecule is Cc1nc(NC(=O)CSc2ccc(F)c(F)c2)n[nH]1. The van der Waals surface area contributed by atoms with Gasteiger partial charge in [0.2, 0.25) is 11.9 Å². The molecule has 1 heterocycles. The highest BCUT2D eigenvalue weighted by Gasteiger charge is 2.08. The standard InChI is InChI=1S/C11H10F2N4OS/c1-6-14-11(17-16-6)15-10(18)5-19-7-2-3-8(12)9(13)4-7/h2-4H,5H2,1H3,(H2,14,15,16,17,18). The van der Waals surface area contributed by atoms with Crippen LogP contribution >= 0.6 is 11.8 Å². The van der Waals surface area contributed by atoms with Gasteiger partial charge in [0.1, 0.15) is 5.82 Å². The van der Waals surface area contributed by atoms with Gasteiger partial charge in [-0.15, -0.1) is 16.9 Å². The molecule has 5 nitrogen and oxygen atoms in total. The molecule has 0 atom stereocenters.